The van der Waals surface area contributed by atoms with Gasteiger partial charge in [-0.2, -0.15) is 0 Å². The zero-order valence-electron chi connectivity index (χ0n) is 22.6. The molecule has 4 unspecified atom stereocenters. The Morgan fingerprint density at radius 3 is 2.50 bits per heavy atom. The minimum Gasteiger partial charge on any atom is -0.381 e. The van der Waals surface area contributed by atoms with Gasteiger partial charge < -0.3 is 20.1 Å². The predicted octanol–water partition coefficient (Wildman–Crippen LogP) is 3.09. The number of ether oxygens (including phenoxy) is 1. The fourth-order valence-electron chi connectivity index (χ4n) is 5.47. The first-order valence-electron chi connectivity index (χ1n) is 13.2. The van der Waals surface area contributed by atoms with Gasteiger partial charge in [-0.05, 0) is 61.6 Å². The molecule has 0 aliphatic carbocycles. The van der Waals surface area contributed by atoms with Crippen LogP contribution in [0.5, 0.6) is 0 Å². The SMILES string of the molecule is Cc1ccccc1CN1C(=O)C2N(C(=O)C(O)C(Cc3ccccc3)NC(=O)c3cccc(F)c3C)COC21C. The fraction of sp³-hybridized carbons (Fsp3) is 0.323. The van der Waals surface area contributed by atoms with Crippen molar-refractivity contribution in [3.63, 3.8) is 0 Å². The van der Waals surface area contributed by atoms with Crippen molar-refractivity contribution >= 4 is 17.7 Å². The Hall–Kier alpha value is -4.08. The molecule has 2 heterocycles. The third-order valence-corrected chi connectivity index (χ3v) is 7.98. The van der Waals surface area contributed by atoms with Crippen LogP contribution in [-0.2, 0) is 27.3 Å². The molecule has 2 N–H and O–H groups in total. The van der Waals surface area contributed by atoms with Crippen LogP contribution in [0.2, 0.25) is 0 Å². The van der Waals surface area contributed by atoms with Crippen molar-refractivity contribution in [3.8, 4) is 0 Å². The van der Waals surface area contributed by atoms with Gasteiger partial charge >= 0.3 is 0 Å². The smallest absolute Gasteiger partial charge is 0.256 e. The Labute approximate surface area is 232 Å². The second-order valence-electron chi connectivity index (χ2n) is 10.5. The molecule has 4 atom stereocenters. The first-order valence-corrected chi connectivity index (χ1v) is 13.2. The topological polar surface area (TPSA) is 99.2 Å². The molecule has 3 amide bonds. The zero-order chi connectivity index (χ0) is 28.6. The Morgan fingerprint density at radius 1 is 1.07 bits per heavy atom. The number of aliphatic hydroxyl groups is 1. The lowest BCUT2D eigenvalue weighted by molar-refractivity contribution is -0.202. The predicted molar refractivity (Wildman–Crippen MR) is 145 cm³/mol. The van der Waals surface area contributed by atoms with E-state index in [4.69, 9.17) is 4.74 Å². The van der Waals surface area contributed by atoms with Crippen LogP contribution in [0.25, 0.3) is 0 Å². The number of carbonyl (C=O) groups is 3. The minimum atomic E-state index is -1.68. The Morgan fingerprint density at radius 2 is 1.77 bits per heavy atom. The lowest BCUT2D eigenvalue weighted by atomic mass is 9.89. The van der Waals surface area contributed by atoms with E-state index < -0.39 is 41.5 Å². The van der Waals surface area contributed by atoms with E-state index in [0.29, 0.717) is 6.54 Å². The number of benzene rings is 3. The van der Waals surface area contributed by atoms with Crippen LogP contribution in [-0.4, -0.2) is 63.3 Å². The summed E-state index contributed by atoms with van der Waals surface area (Å²) in [7, 11) is 0. The highest BCUT2D eigenvalue weighted by Gasteiger charge is 2.66. The van der Waals surface area contributed by atoms with Crippen molar-refractivity contribution in [2.45, 2.75) is 57.6 Å². The van der Waals surface area contributed by atoms with Crippen LogP contribution in [0, 0.1) is 19.7 Å². The Bertz CT molecular complexity index is 1450. The number of hydrogen-bond donors (Lipinski definition) is 2. The molecule has 2 fully saturated rings. The van der Waals surface area contributed by atoms with Crippen molar-refractivity contribution in [2.24, 2.45) is 0 Å². The van der Waals surface area contributed by atoms with E-state index in [0.717, 1.165) is 16.7 Å². The monoisotopic (exact) mass is 545 g/mol. The molecule has 2 aliphatic heterocycles. The molecule has 0 bridgehead atoms. The third kappa shape index (κ3) is 4.87. The number of fused-ring (bicyclic) bond motifs is 1. The number of β-lactam (4-membered cyclic amide) rings is 1. The summed E-state index contributed by atoms with van der Waals surface area (Å²) in [6.45, 7) is 5.37. The first kappa shape index (κ1) is 27.5. The van der Waals surface area contributed by atoms with Crippen LogP contribution in [0.1, 0.15) is 39.5 Å². The molecule has 5 rings (SSSR count). The van der Waals surface area contributed by atoms with Gasteiger partial charge in [0.1, 0.15) is 12.5 Å². The Balaban J connectivity index is 1.35. The van der Waals surface area contributed by atoms with Crippen molar-refractivity contribution in [1.82, 2.24) is 15.1 Å². The van der Waals surface area contributed by atoms with Crippen molar-refractivity contribution < 1.29 is 28.6 Å². The van der Waals surface area contributed by atoms with Crippen LogP contribution in [0.4, 0.5) is 4.39 Å². The number of amides is 3. The number of hydrogen-bond acceptors (Lipinski definition) is 5. The Kier molecular flexibility index (Phi) is 7.44. The largest absolute Gasteiger partial charge is 0.381 e. The summed E-state index contributed by atoms with van der Waals surface area (Å²) < 4.78 is 20.1. The van der Waals surface area contributed by atoms with E-state index in [1.54, 1.807) is 11.8 Å². The quantitative estimate of drug-likeness (QED) is 0.424. The van der Waals surface area contributed by atoms with Gasteiger partial charge in [0.25, 0.3) is 17.7 Å². The van der Waals surface area contributed by atoms with Gasteiger partial charge in [-0.15, -0.1) is 0 Å². The van der Waals surface area contributed by atoms with E-state index in [1.165, 1.54) is 30.0 Å². The molecule has 0 aromatic heterocycles. The highest BCUT2D eigenvalue weighted by molar-refractivity contribution is 5.98. The molecular formula is C31H32FN3O5. The van der Waals surface area contributed by atoms with Gasteiger partial charge in [-0.3, -0.25) is 19.3 Å². The highest BCUT2D eigenvalue weighted by Crippen LogP contribution is 2.43. The maximum Gasteiger partial charge on any atom is 0.256 e. The van der Waals surface area contributed by atoms with Gasteiger partial charge in [-0.1, -0.05) is 60.7 Å². The number of carbonyl (C=O) groups excluding carboxylic acids is 3. The highest BCUT2D eigenvalue weighted by atomic mass is 19.1. The number of nitrogens with one attached hydrogen (secondary N) is 1. The summed E-state index contributed by atoms with van der Waals surface area (Å²) in [6.07, 6.45) is -1.54. The molecule has 0 radical (unpaired) electrons. The molecule has 2 saturated heterocycles. The minimum absolute atomic E-state index is 0.107. The summed E-state index contributed by atoms with van der Waals surface area (Å²) in [4.78, 5) is 42.9. The van der Waals surface area contributed by atoms with Crippen LogP contribution in [0.15, 0.2) is 72.8 Å². The van der Waals surface area contributed by atoms with Crippen LogP contribution in [0.3, 0.4) is 0 Å². The number of aryl methyl sites for hydroxylation is 1. The third-order valence-electron chi connectivity index (χ3n) is 7.98. The average Bonchev–Trinajstić information content (AvgIpc) is 3.26. The maximum atomic E-state index is 14.1. The molecule has 3 aromatic carbocycles. The van der Waals surface area contributed by atoms with Gasteiger partial charge in [0, 0.05) is 12.1 Å². The maximum absolute atomic E-state index is 14.1. The summed E-state index contributed by atoms with van der Waals surface area (Å²) in [5.41, 5.74) is 2.03. The fourth-order valence-corrected chi connectivity index (χ4v) is 5.47. The molecule has 208 valence electrons. The molecule has 9 heteroatoms. The van der Waals surface area contributed by atoms with E-state index in [-0.39, 0.29) is 30.2 Å². The molecule has 0 spiro atoms. The van der Waals surface area contributed by atoms with Gasteiger partial charge in [0.05, 0.1) is 6.04 Å². The van der Waals surface area contributed by atoms with Gasteiger partial charge in [-0.25, -0.2) is 4.39 Å². The van der Waals surface area contributed by atoms with Crippen LogP contribution < -0.4 is 5.32 Å². The second-order valence-corrected chi connectivity index (χ2v) is 10.5. The van der Waals surface area contributed by atoms with E-state index in [1.807, 2.05) is 61.5 Å². The average molecular weight is 546 g/mol. The van der Waals surface area contributed by atoms with Gasteiger partial charge in [0.15, 0.2) is 17.9 Å². The normalized spacial score (nSPS) is 21.4. The van der Waals surface area contributed by atoms with E-state index in [2.05, 4.69) is 5.32 Å². The van der Waals surface area contributed by atoms with Crippen molar-refractivity contribution in [1.29, 1.82) is 0 Å². The lowest BCUT2D eigenvalue weighted by Crippen LogP contribution is -2.74. The number of likely N-dealkylation sites (tertiary alicyclic amines) is 1. The number of aliphatic hydroxyl groups excluding tert-OH is 1. The summed E-state index contributed by atoms with van der Waals surface area (Å²) >= 11 is 0. The standard InChI is InChI=1S/C31H32FN3O5/c1-19-10-7-8-13-22(19)17-35-30(39)27-31(35,3)40-18-34(27)29(38)26(36)25(16-21-11-5-4-6-12-21)33-28(37)23-14-9-15-24(32)20(23)2/h4-15,25-27,36H,16-18H2,1-3H3,(H,33,37). The van der Waals surface area contributed by atoms with Crippen molar-refractivity contribution in [2.75, 3.05) is 6.73 Å². The molecule has 2 aliphatic rings. The zero-order valence-corrected chi connectivity index (χ0v) is 22.6. The number of rotatable bonds is 8. The number of halogens is 1. The van der Waals surface area contributed by atoms with Crippen molar-refractivity contribution in [3.05, 3.63) is 106 Å². The van der Waals surface area contributed by atoms with Gasteiger partial charge in [0.2, 0.25) is 0 Å². The van der Waals surface area contributed by atoms with E-state index in [9.17, 15) is 23.9 Å². The summed E-state index contributed by atoms with van der Waals surface area (Å²) in [6, 6.07) is 19.1. The molecule has 8 nitrogen and oxygen atoms in total. The van der Waals surface area contributed by atoms with E-state index >= 15 is 0 Å². The molecule has 0 saturated carbocycles. The molecular weight excluding hydrogens is 513 g/mol. The first-order chi connectivity index (χ1) is 19.1. The summed E-state index contributed by atoms with van der Waals surface area (Å²) in [5, 5.41) is 14.0. The lowest BCUT2D eigenvalue weighted by Gasteiger charge is -2.51. The molecule has 3 aromatic rings. The molecule has 40 heavy (non-hydrogen) atoms. The summed E-state index contributed by atoms with van der Waals surface area (Å²) in [5.74, 6) is -2.15. The second kappa shape index (κ2) is 10.8. The van der Waals surface area contributed by atoms with Crippen LogP contribution >= 0.6 is 0 Å². The number of nitrogens with zero attached hydrogens (tertiary/aromatic N) is 2.